The molecule has 21 heteroatoms. The lowest BCUT2D eigenvalue weighted by molar-refractivity contribution is -0.298. The first-order valence-electron chi connectivity index (χ1n) is 17.1. The molecule has 0 saturated carbocycles. The molecule has 3 aromatic carbocycles. The van der Waals surface area contributed by atoms with Gasteiger partial charge in [-0.1, -0.05) is 36.4 Å². The smallest absolute Gasteiger partial charge is 0.490 e. The van der Waals surface area contributed by atoms with Crippen molar-refractivity contribution in [2.24, 2.45) is 11.5 Å². The minimum absolute atomic E-state index is 0.0612. The summed E-state index contributed by atoms with van der Waals surface area (Å²) >= 11 is 5.77. The Morgan fingerprint density at radius 2 is 1.07 bits per heavy atom. The number of hydrogen-bond donors (Lipinski definition) is 3. The number of primary amides is 2. The number of anilines is 1. The van der Waals surface area contributed by atoms with E-state index in [0.717, 1.165) is 12.2 Å². The molecule has 0 aromatic heterocycles. The SMILES string of the molecule is NC(=O)OC(CCCC=CC(=O)[O-])c1ccc(OP(=S)(Oc2ccc(NC(=O)OCC(F)(F)F)cc2)Oc2ccc(C(CCCC=CC(=O)[O-])OC(N)=O)cc2)cc1. The highest BCUT2D eigenvalue weighted by molar-refractivity contribution is 8.08. The van der Waals surface area contributed by atoms with Crippen LogP contribution >= 0.6 is 6.72 Å². The van der Waals surface area contributed by atoms with Crippen molar-refractivity contribution in [3.63, 3.8) is 0 Å². The molecule has 0 fully saturated rings. The Morgan fingerprint density at radius 1 is 0.690 bits per heavy atom. The van der Waals surface area contributed by atoms with Crippen LogP contribution in [0.5, 0.6) is 17.2 Å². The van der Waals surface area contributed by atoms with E-state index in [-0.39, 0.29) is 35.8 Å². The summed E-state index contributed by atoms with van der Waals surface area (Å²) in [4.78, 5) is 56.3. The minimum Gasteiger partial charge on any atom is -0.545 e. The third-order valence-corrected chi connectivity index (χ3v) is 9.30. The van der Waals surface area contributed by atoms with E-state index in [4.69, 9.17) is 46.3 Å². The van der Waals surface area contributed by atoms with Gasteiger partial charge in [-0.25, -0.2) is 14.4 Å². The largest absolute Gasteiger partial charge is 0.545 e. The first-order chi connectivity index (χ1) is 27.4. The summed E-state index contributed by atoms with van der Waals surface area (Å²) < 4.78 is 70.1. The van der Waals surface area contributed by atoms with Gasteiger partial charge < -0.3 is 59.1 Å². The van der Waals surface area contributed by atoms with E-state index in [2.05, 4.69) is 10.1 Å². The molecule has 0 radical (unpaired) electrons. The molecule has 0 bridgehead atoms. The first kappa shape index (κ1) is 46.1. The van der Waals surface area contributed by atoms with Crippen molar-refractivity contribution in [2.45, 2.75) is 56.9 Å². The lowest BCUT2D eigenvalue weighted by Gasteiger charge is -2.24. The van der Waals surface area contributed by atoms with Gasteiger partial charge in [0, 0.05) is 17.5 Å². The molecular weight excluding hydrogens is 814 g/mol. The Balaban J connectivity index is 1.85. The molecule has 0 heterocycles. The van der Waals surface area contributed by atoms with Gasteiger partial charge in [0.05, 0.1) is 11.9 Å². The summed E-state index contributed by atoms with van der Waals surface area (Å²) in [6.45, 7) is -5.67. The van der Waals surface area contributed by atoms with Crippen LogP contribution in [0.3, 0.4) is 0 Å². The van der Waals surface area contributed by atoms with E-state index in [9.17, 15) is 47.4 Å². The summed E-state index contributed by atoms with van der Waals surface area (Å²) in [7, 11) is 0. The molecule has 312 valence electrons. The summed E-state index contributed by atoms with van der Waals surface area (Å²) in [6, 6.07) is 17.5. The van der Waals surface area contributed by atoms with E-state index < -0.39 is 61.9 Å². The zero-order chi connectivity index (χ0) is 42.7. The van der Waals surface area contributed by atoms with Gasteiger partial charge in [0.2, 0.25) is 0 Å². The molecule has 3 amide bonds. The van der Waals surface area contributed by atoms with Gasteiger partial charge in [0.25, 0.3) is 0 Å². The number of nitrogens with two attached hydrogens (primary N) is 2. The molecule has 2 atom stereocenters. The van der Waals surface area contributed by atoms with Crippen molar-refractivity contribution in [1.29, 1.82) is 0 Å². The minimum atomic E-state index is -4.72. The summed E-state index contributed by atoms with van der Waals surface area (Å²) in [6.07, 6.45) is -2.97. The monoisotopic (exact) mass is 851 g/mol. The maximum absolute atomic E-state index is 12.4. The number of amides is 3. The van der Waals surface area contributed by atoms with Gasteiger partial charge in [0.15, 0.2) is 6.61 Å². The maximum atomic E-state index is 12.4. The molecule has 16 nitrogen and oxygen atoms in total. The molecule has 0 aliphatic rings. The van der Waals surface area contributed by atoms with Crippen molar-refractivity contribution in [1.82, 2.24) is 0 Å². The Hall–Kier alpha value is -6.27. The first-order valence-corrected chi connectivity index (χ1v) is 19.6. The number of nitrogens with one attached hydrogen (secondary N) is 1. The fraction of sp³-hybridized carbons (Fsp3) is 0.270. The zero-order valence-electron chi connectivity index (χ0n) is 30.3. The number of benzene rings is 3. The molecule has 0 aliphatic heterocycles. The van der Waals surface area contributed by atoms with Crippen molar-refractivity contribution < 1.29 is 75.1 Å². The van der Waals surface area contributed by atoms with E-state index in [1.54, 1.807) is 24.3 Å². The predicted octanol–water partition coefficient (Wildman–Crippen LogP) is 5.78. The number of alkyl halides is 3. The van der Waals surface area contributed by atoms with E-state index in [1.807, 2.05) is 0 Å². The van der Waals surface area contributed by atoms with Gasteiger partial charge in [-0.05, 0) is 110 Å². The molecule has 2 unspecified atom stereocenters. The third kappa shape index (κ3) is 18.1. The number of carbonyl (C=O) groups is 5. The molecular formula is C37H37F3N3O13PS-2. The summed E-state index contributed by atoms with van der Waals surface area (Å²) in [5.41, 5.74) is 11.6. The van der Waals surface area contributed by atoms with Gasteiger partial charge in [-0.2, -0.15) is 13.2 Å². The van der Waals surface area contributed by atoms with E-state index in [1.165, 1.54) is 60.7 Å². The Morgan fingerprint density at radius 3 is 1.41 bits per heavy atom. The Bertz CT molecular complexity index is 1860. The van der Waals surface area contributed by atoms with Crippen molar-refractivity contribution in [3.8, 4) is 17.2 Å². The van der Waals surface area contributed by atoms with Crippen LogP contribution in [0.25, 0.3) is 0 Å². The highest BCUT2D eigenvalue weighted by atomic mass is 32.5. The molecule has 0 saturated heterocycles. The summed E-state index contributed by atoms with van der Waals surface area (Å²) in [5.74, 6) is -2.33. The Labute approximate surface area is 334 Å². The lowest BCUT2D eigenvalue weighted by atomic mass is 10.0. The standard InChI is InChI=1S/C37H39F3N3O13PS/c38-37(39,40)23-51-36(50)43-26-15-21-29(22-16-26)56-57(58,54-27-17-11-24(12-18-27)30(52-34(41)48)7-3-1-5-9-32(44)45)55-28-19-13-25(14-20-28)31(53-35(42)49)8-4-2-6-10-33(46)47/h5-6,9-22,30-31H,1-4,7-8,23H2,(H2,41,48)(H2,42,49)(H,43,50)(H,44,45)(H,46,47)/p-2. The van der Waals surface area contributed by atoms with E-state index >= 15 is 0 Å². The highest BCUT2D eigenvalue weighted by Crippen LogP contribution is 2.50. The van der Waals surface area contributed by atoms with Crippen LogP contribution in [0.15, 0.2) is 97.1 Å². The molecule has 3 aromatic rings. The average molecular weight is 852 g/mol. The van der Waals surface area contributed by atoms with Crippen molar-refractivity contribution in [3.05, 3.63) is 108 Å². The zero-order valence-corrected chi connectivity index (χ0v) is 32.0. The number of carboxylic acids is 2. The quantitative estimate of drug-likeness (QED) is 0.0469. The predicted molar refractivity (Wildman–Crippen MR) is 199 cm³/mol. The molecule has 3 rings (SSSR count). The second-order valence-corrected chi connectivity index (χ2v) is 14.6. The van der Waals surface area contributed by atoms with Gasteiger partial charge in [0.1, 0.15) is 29.5 Å². The number of carboxylic acid groups (broad SMARTS) is 2. The van der Waals surface area contributed by atoms with Crippen LogP contribution < -0.4 is 40.6 Å². The molecule has 58 heavy (non-hydrogen) atoms. The average Bonchev–Trinajstić information content (AvgIpc) is 3.13. The molecule has 0 spiro atoms. The number of aliphatic carboxylic acids is 2. The number of allylic oxidation sites excluding steroid dienone is 2. The van der Waals surface area contributed by atoms with Crippen LogP contribution in [-0.4, -0.2) is 43.0 Å². The van der Waals surface area contributed by atoms with Crippen LogP contribution in [0, 0.1) is 0 Å². The molecule has 0 aliphatic carbocycles. The number of carbonyl (C=O) groups excluding carboxylic acids is 5. The Kier molecular flexibility index (Phi) is 17.9. The third-order valence-electron chi connectivity index (χ3n) is 7.32. The second-order valence-electron chi connectivity index (χ2n) is 11.9. The fourth-order valence-corrected chi connectivity index (χ4v) is 6.93. The van der Waals surface area contributed by atoms with Gasteiger partial charge in [-0.15, -0.1) is 0 Å². The van der Waals surface area contributed by atoms with Crippen molar-refractivity contribution >= 4 is 54.4 Å². The van der Waals surface area contributed by atoms with Gasteiger partial charge >= 0.3 is 31.2 Å². The number of rotatable bonds is 22. The topological polar surface area (TPSA) is 251 Å². The number of ether oxygens (including phenoxy) is 3. The van der Waals surface area contributed by atoms with Crippen LogP contribution in [0.1, 0.15) is 61.9 Å². The normalized spacial score (nSPS) is 13.4. The number of hydrogen-bond acceptors (Lipinski definition) is 14. The lowest BCUT2D eigenvalue weighted by Crippen LogP contribution is -2.23. The number of unbranched alkanes of at least 4 members (excludes halogenated alkanes) is 2. The van der Waals surface area contributed by atoms with Crippen LogP contribution in [0.2, 0.25) is 0 Å². The maximum Gasteiger partial charge on any atom is 0.490 e. The second kappa shape index (κ2) is 22.5. The summed E-state index contributed by atoms with van der Waals surface area (Å²) in [5, 5.41) is 23.4. The number of halogens is 3. The van der Waals surface area contributed by atoms with Gasteiger partial charge in [-0.3, -0.25) is 5.32 Å². The van der Waals surface area contributed by atoms with Crippen LogP contribution in [0.4, 0.5) is 33.2 Å². The molecule has 5 N–H and O–H groups in total. The van der Waals surface area contributed by atoms with E-state index in [0.29, 0.717) is 36.8 Å². The van der Waals surface area contributed by atoms with Crippen molar-refractivity contribution in [2.75, 3.05) is 11.9 Å². The van der Waals surface area contributed by atoms with Crippen LogP contribution in [-0.2, 0) is 35.6 Å². The fourth-order valence-electron chi connectivity index (χ4n) is 4.90. The highest BCUT2D eigenvalue weighted by Gasteiger charge is 2.30.